The Morgan fingerprint density at radius 3 is 2.48 bits per heavy atom. The van der Waals surface area contributed by atoms with Crippen LogP contribution in [0.3, 0.4) is 0 Å². The molecule has 1 aromatic carbocycles. The molecule has 2 saturated heterocycles. The highest BCUT2D eigenvalue weighted by molar-refractivity contribution is 6.74. The third kappa shape index (κ3) is 7.16. The summed E-state index contributed by atoms with van der Waals surface area (Å²) in [4.78, 5) is 9.74. The van der Waals surface area contributed by atoms with E-state index in [9.17, 15) is 13.2 Å². The average Bonchev–Trinajstić information content (AvgIpc) is 3.29. The molecule has 0 bridgehead atoms. The number of imidazole rings is 1. The van der Waals surface area contributed by atoms with Gasteiger partial charge in [-0.3, -0.25) is 4.90 Å². The fourth-order valence-corrected chi connectivity index (χ4v) is 7.13. The number of hydrogen-bond acceptors (Lipinski definition) is 6. The number of alkyl halides is 3. The predicted molar refractivity (Wildman–Crippen MR) is 171 cm³/mol. The summed E-state index contributed by atoms with van der Waals surface area (Å²) in [7, 11) is -1.84. The van der Waals surface area contributed by atoms with Crippen molar-refractivity contribution in [1.82, 2.24) is 19.5 Å². The summed E-state index contributed by atoms with van der Waals surface area (Å²) in [5.74, 6) is 1.28. The van der Waals surface area contributed by atoms with E-state index in [1.165, 1.54) is 6.07 Å². The van der Waals surface area contributed by atoms with Crippen molar-refractivity contribution in [3.63, 3.8) is 0 Å². The smallest absolute Gasteiger partial charge is 0.416 e. The summed E-state index contributed by atoms with van der Waals surface area (Å²) in [6, 6.07) is 6.52. The van der Waals surface area contributed by atoms with Crippen LogP contribution >= 0.6 is 0 Å². The van der Waals surface area contributed by atoms with E-state index >= 15 is 0 Å². The van der Waals surface area contributed by atoms with Gasteiger partial charge in [0.1, 0.15) is 5.82 Å². The molecule has 242 valence electrons. The highest BCUT2D eigenvalue weighted by Gasteiger charge is 2.38. The summed E-state index contributed by atoms with van der Waals surface area (Å²) in [5.41, 5.74) is 3.77. The Bertz CT molecular complexity index is 1460. The van der Waals surface area contributed by atoms with E-state index in [0.717, 1.165) is 80.1 Å². The van der Waals surface area contributed by atoms with Crippen LogP contribution in [0.15, 0.2) is 24.3 Å². The van der Waals surface area contributed by atoms with Crippen molar-refractivity contribution >= 4 is 19.8 Å². The zero-order valence-corrected chi connectivity index (χ0v) is 28.4. The number of hydrogen-bond donors (Lipinski definition) is 0. The molecule has 1 unspecified atom stereocenters. The molecule has 0 amide bonds. The number of rotatable bonds is 8. The number of benzene rings is 1. The van der Waals surface area contributed by atoms with Gasteiger partial charge in [0.15, 0.2) is 14.0 Å². The van der Waals surface area contributed by atoms with E-state index in [1.807, 2.05) is 11.4 Å². The number of aromatic nitrogens is 3. The minimum atomic E-state index is -4.41. The Morgan fingerprint density at radius 1 is 1.07 bits per heavy atom. The molecule has 2 aromatic heterocycles. The highest BCUT2D eigenvalue weighted by Crippen LogP contribution is 2.38. The Balaban J connectivity index is 1.47. The van der Waals surface area contributed by atoms with Crippen LogP contribution in [-0.4, -0.2) is 73.8 Å². The number of piperidine rings is 1. The second kappa shape index (κ2) is 12.7. The molecule has 0 aliphatic carbocycles. The van der Waals surface area contributed by atoms with Crippen molar-refractivity contribution in [2.24, 2.45) is 5.92 Å². The van der Waals surface area contributed by atoms with E-state index < -0.39 is 20.1 Å². The molecule has 0 N–H and O–H groups in total. The van der Waals surface area contributed by atoms with Crippen molar-refractivity contribution in [2.45, 2.75) is 84.7 Å². The molecule has 1 atom stereocenters. The van der Waals surface area contributed by atoms with Gasteiger partial charge in [-0.2, -0.15) is 13.2 Å². The van der Waals surface area contributed by atoms with Gasteiger partial charge in [0.25, 0.3) is 0 Å². The largest absolute Gasteiger partial charge is 0.416 e. The first kappa shape index (κ1) is 32.9. The van der Waals surface area contributed by atoms with E-state index in [4.69, 9.17) is 19.2 Å². The van der Waals surface area contributed by atoms with Gasteiger partial charge in [-0.1, -0.05) is 32.9 Å². The SMILES string of the molecule is Cc1c(Cc2c(CN3CCCC(CO[Si](C)(C)C(C)(C)C)C3)nc3c(C)cc(N4CCOCC4)nn23)cccc1C(F)(F)F. The molecule has 4 heterocycles. The number of fused-ring (bicyclic) bond motifs is 1. The zero-order valence-electron chi connectivity index (χ0n) is 27.4. The van der Waals surface area contributed by atoms with Gasteiger partial charge in [0.05, 0.1) is 30.2 Å². The van der Waals surface area contributed by atoms with Gasteiger partial charge in [-0.25, -0.2) is 9.50 Å². The molecule has 2 fully saturated rings. The highest BCUT2D eigenvalue weighted by atomic mass is 28.4. The lowest BCUT2D eigenvalue weighted by Crippen LogP contribution is -2.44. The topological polar surface area (TPSA) is 55.1 Å². The lowest BCUT2D eigenvalue weighted by atomic mass is 9.97. The van der Waals surface area contributed by atoms with Crippen LogP contribution in [-0.2, 0) is 28.3 Å². The fourth-order valence-electron chi connectivity index (χ4n) is 6.04. The van der Waals surface area contributed by atoms with Crippen molar-refractivity contribution in [2.75, 3.05) is 50.9 Å². The van der Waals surface area contributed by atoms with Crippen molar-refractivity contribution < 1.29 is 22.3 Å². The molecule has 5 rings (SSSR count). The maximum Gasteiger partial charge on any atom is 0.416 e. The number of aryl methyl sites for hydroxylation is 1. The van der Waals surface area contributed by atoms with Gasteiger partial charge < -0.3 is 14.1 Å². The molecule has 7 nitrogen and oxygen atoms in total. The molecule has 0 spiro atoms. The Morgan fingerprint density at radius 2 is 1.80 bits per heavy atom. The number of nitrogens with zero attached hydrogens (tertiary/aromatic N) is 5. The lowest BCUT2D eigenvalue weighted by molar-refractivity contribution is -0.138. The van der Waals surface area contributed by atoms with Crippen LogP contribution < -0.4 is 4.90 Å². The van der Waals surface area contributed by atoms with Gasteiger partial charge in [-0.05, 0) is 86.1 Å². The van der Waals surface area contributed by atoms with Crippen molar-refractivity contribution in [3.8, 4) is 0 Å². The van der Waals surface area contributed by atoms with Crippen LogP contribution in [0, 0.1) is 19.8 Å². The van der Waals surface area contributed by atoms with Crippen molar-refractivity contribution in [1.29, 1.82) is 0 Å². The quantitative estimate of drug-likeness (QED) is 0.249. The molecule has 11 heteroatoms. The molecular weight excluding hydrogens is 583 g/mol. The fraction of sp³-hybridized carbons (Fsp3) is 0.636. The zero-order chi connectivity index (χ0) is 31.9. The van der Waals surface area contributed by atoms with E-state index in [2.05, 4.69) is 49.7 Å². The first-order chi connectivity index (χ1) is 20.6. The third-order valence-corrected chi connectivity index (χ3v) is 14.3. The maximum absolute atomic E-state index is 13.8. The summed E-state index contributed by atoms with van der Waals surface area (Å²) in [6.45, 7) is 21.0. The molecule has 3 aromatic rings. The molecule has 44 heavy (non-hydrogen) atoms. The molecule has 2 aliphatic heterocycles. The van der Waals surface area contributed by atoms with Gasteiger partial charge in [-0.15, -0.1) is 5.10 Å². The predicted octanol–water partition coefficient (Wildman–Crippen LogP) is 7.03. The number of ether oxygens (including phenoxy) is 1. The second-order valence-corrected chi connectivity index (χ2v) is 18.9. The van der Waals surface area contributed by atoms with Crippen molar-refractivity contribution in [3.05, 3.63) is 57.9 Å². The summed E-state index contributed by atoms with van der Waals surface area (Å²) in [6.07, 6.45) is -1.87. The van der Waals surface area contributed by atoms with Crippen LogP contribution in [0.1, 0.15) is 67.3 Å². The summed E-state index contributed by atoms with van der Waals surface area (Å²) < 4.78 is 55.6. The van der Waals surface area contributed by atoms with E-state index in [0.29, 0.717) is 37.7 Å². The first-order valence-corrected chi connectivity index (χ1v) is 18.8. The van der Waals surface area contributed by atoms with Crippen LogP contribution in [0.4, 0.5) is 19.0 Å². The van der Waals surface area contributed by atoms with E-state index in [-0.39, 0.29) is 10.6 Å². The molecular formula is C33H48F3N5O2Si. The van der Waals surface area contributed by atoms with E-state index in [1.54, 1.807) is 13.0 Å². The van der Waals surface area contributed by atoms with Crippen LogP contribution in [0.2, 0.25) is 18.1 Å². The van der Waals surface area contributed by atoms with Gasteiger partial charge in [0.2, 0.25) is 0 Å². The van der Waals surface area contributed by atoms with Crippen LogP contribution in [0.25, 0.3) is 5.65 Å². The average molecular weight is 632 g/mol. The maximum atomic E-state index is 13.8. The lowest BCUT2D eigenvalue weighted by Gasteiger charge is -2.39. The Hall–Kier alpha value is -2.47. The molecule has 2 aliphatic rings. The number of morpholine rings is 1. The number of anilines is 1. The molecule has 0 radical (unpaired) electrons. The third-order valence-electron chi connectivity index (χ3n) is 9.84. The Kier molecular flexibility index (Phi) is 9.52. The minimum absolute atomic E-state index is 0.166. The number of halogens is 3. The minimum Gasteiger partial charge on any atom is -0.416 e. The second-order valence-electron chi connectivity index (χ2n) is 14.1. The summed E-state index contributed by atoms with van der Waals surface area (Å²) in [5, 5.41) is 5.20. The van der Waals surface area contributed by atoms with Gasteiger partial charge in [0, 0.05) is 39.2 Å². The monoisotopic (exact) mass is 631 g/mol. The number of likely N-dealkylation sites (tertiary alicyclic amines) is 1. The summed E-state index contributed by atoms with van der Waals surface area (Å²) >= 11 is 0. The van der Waals surface area contributed by atoms with Gasteiger partial charge >= 0.3 is 6.18 Å². The normalized spacial score (nSPS) is 19.2. The molecule has 0 saturated carbocycles. The first-order valence-electron chi connectivity index (χ1n) is 15.9. The Labute approximate surface area is 260 Å². The van der Waals surface area contributed by atoms with Crippen LogP contribution in [0.5, 0.6) is 0 Å². The standard InChI is InChI=1S/C33H48F3N5O2Si/c1-23-18-30(40-14-16-42-17-15-40)38-41-29(19-26-11-8-12-27(24(26)2)33(34,35)36)28(37-31(23)41)21-39-13-9-10-25(20-39)22-43-44(6,7)32(3,4)5/h8,11-12,18,25H,9-10,13-17,19-22H2,1-7H3.